The lowest BCUT2D eigenvalue weighted by Crippen LogP contribution is -2.39. The summed E-state index contributed by atoms with van der Waals surface area (Å²) in [6.45, 7) is 7.15. The number of carbonyl (C=O) groups excluding carboxylic acids is 2. The van der Waals surface area contributed by atoms with Crippen LogP contribution in [0.15, 0.2) is 18.2 Å². The summed E-state index contributed by atoms with van der Waals surface area (Å²) in [5, 5.41) is 2.95. The zero-order chi connectivity index (χ0) is 18.2. The molecule has 0 atom stereocenters. The van der Waals surface area contributed by atoms with Crippen LogP contribution in [0.4, 0.5) is 5.69 Å². The van der Waals surface area contributed by atoms with Gasteiger partial charge in [-0.2, -0.15) is 0 Å². The molecule has 0 radical (unpaired) electrons. The van der Waals surface area contributed by atoms with E-state index in [9.17, 15) is 9.59 Å². The van der Waals surface area contributed by atoms with Crippen LogP contribution in [-0.4, -0.2) is 38.6 Å². The third kappa shape index (κ3) is 3.41. The highest BCUT2D eigenvalue weighted by Gasteiger charge is 2.39. The topological polar surface area (TPSA) is 67.9 Å². The van der Waals surface area contributed by atoms with Gasteiger partial charge in [0.1, 0.15) is 0 Å². The number of carbonyl (C=O) groups is 2. The van der Waals surface area contributed by atoms with E-state index in [0.717, 1.165) is 16.8 Å². The highest BCUT2D eigenvalue weighted by Crippen LogP contribution is 2.38. The Kier molecular flexibility index (Phi) is 4.60. The molecule has 1 fully saturated rings. The van der Waals surface area contributed by atoms with Gasteiger partial charge in [0.05, 0.1) is 19.6 Å². The fourth-order valence-electron chi connectivity index (χ4n) is 3.22. The summed E-state index contributed by atoms with van der Waals surface area (Å²) in [5.41, 5.74) is 2.39. The van der Waals surface area contributed by atoms with E-state index in [2.05, 4.69) is 5.32 Å². The van der Waals surface area contributed by atoms with Crippen molar-refractivity contribution in [3.8, 4) is 0 Å². The molecule has 2 aliphatic heterocycles. The molecule has 2 amide bonds. The van der Waals surface area contributed by atoms with Crippen molar-refractivity contribution in [2.24, 2.45) is 5.41 Å². The maximum Gasteiger partial charge on any atom is 0.231 e. The summed E-state index contributed by atoms with van der Waals surface area (Å²) in [7, 11) is 1.79. The Bertz CT molecular complexity index is 687. The van der Waals surface area contributed by atoms with Crippen LogP contribution in [0.25, 0.3) is 0 Å². The Balaban J connectivity index is 1.76. The fourth-order valence-corrected chi connectivity index (χ4v) is 3.22. The lowest BCUT2D eigenvalue weighted by molar-refractivity contribution is -0.170. The molecule has 2 aliphatic rings. The summed E-state index contributed by atoms with van der Waals surface area (Å²) in [4.78, 5) is 25.6. The van der Waals surface area contributed by atoms with Gasteiger partial charge in [-0.1, -0.05) is 26.8 Å². The molecule has 1 N–H and O–H groups in total. The summed E-state index contributed by atoms with van der Waals surface area (Å²) in [6, 6.07) is 5.88. The van der Waals surface area contributed by atoms with E-state index >= 15 is 0 Å². The number of likely N-dealkylation sites (N-methyl/N-ethyl adjacent to an activating group) is 1. The molecule has 0 unspecified atom stereocenters. The Morgan fingerprint density at radius 3 is 2.60 bits per heavy atom. The van der Waals surface area contributed by atoms with Crippen molar-refractivity contribution >= 4 is 17.5 Å². The minimum atomic E-state index is -0.857. The second-order valence-electron chi connectivity index (χ2n) is 7.68. The van der Waals surface area contributed by atoms with Crippen LogP contribution in [-0.2, 0) is 31.3 Å². The molecule has 0 bridgehead atoms. The lowest BCUT2D eigenvalue weighted by Gasteiger charge is -2.29. The average molecular weight is 346 g/mol. The summed E-state index contributed by atoms with van der Waals surface area (Å²) in [5.74, 6) is -0.765. The normalized spacial score (nSPS) is 19.2. The minimum Gasteiger partial charge on any atom is -0.355 e. The van der Waals surface area contributed by atoms with Crippen molar-refractivity contribution < 1.29 is 19.1 Å². The molecule has 136 valence electrons. The molecule has 0 aliphatic carbocycles. The van der Waals surface area contributed by atoms with Gasteiger partial charge in [0.25, 0.3) is 0 Å². The molecule has 3 rings (SSSR count). The largest absolute Gasteiger partial charge is 0.355 e. The van der Waals surface area contributed by atoms with E-state index < -0.39 is 11.2 Å². The quantitative estimate of drug-likeness (QED) is 0.905. The van der Waals surface area contributed by atoms with Crippen molar-refractivity contribution in [1.82, 2.24) is 5.32 Å². The van der Waals surface area contributed by atoms with E-state index in [1.54, 1.807) is 11.9 Å². The van der Waals surface area contributed by atoms with Gasteiger partial charge in [0.15, 0.2) is 5.79 Å². The SMILES string of the molecule is CN1C(=O)Cc2cc(C3(CCNC(=O)C(C)(C)C)OCCO3)ccc21. The standard InChI is InChI=1S/C19H26N2O4/c1-18(2,3)17(23)20-8-7-19(24-9-10-25-19)14-5-6-15-13(11-14)12-16(22)21(15)4/h5-6,11H,7-10,12H2,1-4H3,(H,20,23). The van der Waals surface area contributed by atoms with Gasteiger partial charge in [-0.25, -0.2) is 0 Å². The van der Waals surface area contributed by atoms with Gasteiger partial charge >= 0.3 is 0 Å². The first-order valence-corrected chi connectivity index (χ1v) is 8.69. The van der Waals surface area contributed by atoms with Crippen LogP contribution in [0.3, 0.4) is 0 Å². The fraction of sp³-hybridized carbons (Fsp3) is 0.579. The number of nitrogens with one attached hydrogen (secondary N) is 1. The van der Waals surface area contributed by atoms with Crippen LogP contribution < -0.4 is 10.2 Å². The van der Waals surface area contributed by atoms with Gasteiger partial charge in [-0.05, 0) is 17.7 Å². The first-order chi connectivity index (χ1) is 11.7. The molecule has 0 aromatic heterocycles. The first-order valence-electron chi connectivity index (χ1n) is 8.69. The lowest BCUT2D eigenvalue weighted by atomic mass is 9.95. The Hall–Kier alpha value is -1.92. The van der Waals surface area contributed by atoms with Crippen molar-refractivity contribution in [3.05, 3.63) is 29.3 Å². The van der Waals surface area contributed by atoms with E-state index in [1.165, 1.54) is 0 Å². The molecule has 1 saturated heterocycles. The number of amides is 2. The number of nitrogens with zero attached hydrogens (tertiary/aromatic N) is 1. The highest BCUT2D eigenvalue weighted by atomic mass is 16.7. The van der Waals surface area contributed by atoms with Crippen molar-refractivity contribution in [2.75, 3.05) is 31.7 Å². The molecule has 2 heterocycles. The van der Waals surface area contributed by atoms with E-state index in [0.29, 0.717) is 32.6 Å². The number of fused-ring (bicyclic) bond motifs is 1. The maximum absolute atomic E-state index is 12.1. The van der Waals surface area contributed by atoms with Crippen LogP contribution in [0.1, 0.15) is 38.3 Å². The Labute approximate surface area is 148 Å². The number of hydrogen-bond acceptors (Lipinski definition) is 4. The first kappa shape index (κ1) is 17.9. The number of ether oxygens (including phenoxy) is 2. The monoisotopic (exact) mass is 346 g/mol. The van der Waals surface area contributed by atoms with Crippen LogP contribution in [0, 0.1) is 5.41 Å². The van der Waals surface area contributed by atoms with E-state index in [4.69, 9.17) is 9.47 Å². The van der Waals surface area contributed by atoms with Gasteiger partial charge in [-0.3, -0.25) is 9.59 Å². The minimum absolute atomic E-state index is 0.00169. The van der Waals surface area contributed by atoms with Gasteiger partial charge in [0, 0.05) is 36.7 Å². The maximum atomic E-state index is 12.1. The van der Waals surface area contributed by atoms with Crippen molar-refractivity contribution in [3.63, 3.8) is 0 Å². The zero-order valence-corrected chi connectivity index (χ0v) is 15.3. The highest BCUT2D eigenvalue weighted by molar-refractivity contribution is 6.00. The van der Waals surface area contributed by atoms with Crippen molar-refractivity contribution in [1.29, 1.82) is 0 Å². The molecule has 0 saturated carbocycles. The Morgan fingerprint density at radius 2 is 1.96 bits per heavy atom. The average Bonchev–Trinajstić information content (AvgIpc) is 3.13. The van der Waals surface area contributed by atoms with Crippen LogP contribution in [0.2, 0.25) is 0 Å². The van der Waals surface area contributed by atoms with E-state index in [-0.39, 0.29) is 11.8 Å². The predicted molar refractivity (Wildman–Crippen MR) is 94.2 cm³/mol. The van der Waals surface area contributed by atoms with E-state index in [1.807, 2.05) is 39.0 Å². The van der Waals surface area contributed by atoms with Crippen molar-refractivity contribution in [2.45, 2.75) is 39.4 Å². The van der Waals surface area contributed by atoms with Gasteiger partial charge in [-0.15, -0.1) is 0 Å². The molecule has 6 heteroatoms. The van der Waals surface area contributed by atoms with Crippen LogP contribution >= 0.6 is 0 Å². The molecule has 1 aromatic rings. The molecular weight excluding hydrogens is 320 g/mol. The zero-order valence-electron chi connectivity index (χ0n) is 15.3. The van der Waals surface area contributed by atoms with Gasteiger partial charge in [0.2, 0.25) is 11.8 Å². The molecule has 1 aromatic carbocycles. The molecule has 6 nitrogen and oxygen atoms in total. The molecule has 0 spiro atoms. The number of anilines is 1. The number of hydrogen-bond donors (Lipinski definition) is 1. The smallest absolute Gasteiger partial charge is 0.231 e. The summed E-state index contributed by atoms with van der Waals surface area (Å²) >= 11 is 0. The number of rotatable bonds is 4. The Morgan fingerprint density at radius 1 is 1.28 bits per heavy atom. The third-order valence-corrected chi connectivity index (χ3v) is 4.77. The predicted octanol–water partition coefficient (Wildman–Crippen LogP) is 1.96. The second kappa shape index (κ2) is 6.42. The van der Waals surface area contributed by atoms with Crippen LogP contribution in [0.5, 0.6) is 0 Å². The molecular formula is C19H26N2O4. The number of benzene rings is 1. The summed E-state index contributed by atoms with van der Waals surface area (Å²) < 4.78 is 11.9. The third-order valence-electron chi connectivity index (χ3n) is 4.77. The molecule has 25 heavy (non-hydrogen) atoms. The second-order valence-corrected chi connectivity index (χ2v) is 7.68. The summed E-state index contributed by atoms with van der Waals surface area (Å²) in [6.07, 6.45) is 0.925. The van der Waals surface area contributed by atoms with Gasteiger partial charge < -0.3 is 19.7 Å².